The van der Waals surface area contributed by atoms with Crippen LogP contribution >= 0.6 is 0 Å². The fourth-order valence-corrected chi connectivity index (χ4v) is 2.03. The monoisotopic (exact) mass is 250 g/mol. The van der Waals surface area contributed by atoms with Crippen LogP contribution in [0.1, 0.15) is 18.6 Å². The van der Waals surface area contributed by atoms with Crippen LogP contribution in [-0.2, 0) is 0 Å². The van der Waals surface area contributed by atoms with Crippen molar-refractivity contribution in [2.45, 2.75) is 13.0 Å². The highest BCUT2D eigenvalue weighted by atomic mass is 16.5. The highest BCUT2D eigenvalue weighted by Gasteiger charge is 2.10. The summed E-state index contributed by atoms with van der Waals surface area (Å²) in [5.74, 6) is 0.627. The van der Waals surface area contributed by atoms with Crippen LogP contribution in [0.25, 0.3) is 10.9 Å². The van der Waals surface area contributed by atoms with Crippen LogP contribution in [0.2, 0.25) is 0 Å². The van der Waals surface area contributed by atoms with E-state index in [1.807, 2.05) is 61.5 Å². The predicted octanol–water partition coefficient (Wildman–Crippen LogP) is 3.77. The van der Waals surface area contributed by atoms with E-state index in [1.54, 1.807) is 0 Å². The summed E-state index contributed by atoms with van der Waals surface area (Å²) < 4.78 is 5.96. The Morgan fingerprint density at radius 2 is 1.63 bits per heavy atom. The van der Waals surface area contributed by atoms with Gasteiger partial charge in [0, 0.05) is 0 Å². The Hall–Kier alpha value is -2.42. The number of ether oxygens (including phenoxy) is 1. The normalized spacial score (nSPS) is 12.3. The Kier molecular flexibility index (Phi) is 3.11. The molecule has 1 unspecified atom stereocenters. The van der Waals surface area contributed by atoms with Gasteiger partial charge >= 0.3 is 0 Å². The molecule has 0 N–H and O–H groups in total. The third kappa shape index (κ3) is 2.40. The molecular weight excluding hydrogens is 236 g/mol. The summed E-state index contributed by atoms with van der Waals surface area (Å²) in [7, 11) is 0. The molecule has 1 heterocycles. The molecule has 3 heteroatoms. The number of fused-ring (bicyclic) bond motifs is 1. The first-order chi connectivity index (χ1) is 9.34. The van der Waals surface area contributed by atoms with Crippen molar-refractivity contribution < 1.29 is 4.74 Å². The Bertz CT molecular complexity index is 677. The first-order valence-electron chi connectivity index (χ1n) is 6.26. The van der Waals surface area contributed by atoms with E-state index in [2.05, 4.69) is 9.97 Å². The number of rotatable bonds is 3. The summed E-state index contributed by atoms with van der Waals surface area (Å²) in [6.07, 6.45) is 1.49. The van der Waals surface area contributed by atoms with Crippen molar-refractivity contribution in [3.63, 3.8) is 0 Å². The average molecular weight is 250 g/mol. The number of hydrogen-bond donors (Lipinski definition) is 0. The maximum atomic E-state index is 5.96. The molecule has 0 aliphatic heterocycles. The van der Waals surface area contributed by atoms with E-state index in [9.17, 15) is 0 Å². The van der Waals surface area contributed by atoms with Crippen LogP contribution in [-0.4, -0.2) is 9.97 Å². The predicted molar refractivity (Wildman–Crippen MR) is 75.0 cm³/mol. The highest BCUT2D eigenvalue weighted by Crippen LogP contribution is 2.25. The van der Waals surface area contributed by atoms with Gasteiger partial charge < -0.3 is 4.74 Å². The molecule has 3 rings (SSSR count). The molecule has 0 spiro atoms. The minimum Gasteiger partial charge on any atom is -0.469 e. The third-order valence-electron chi connectivity index (χ3n) is 3.06. The summed E-state index contributed by atoms with van der Waals surface area (Å²) in [6, 6.07) is 18.0. The summed E-state index contributed by atoms with van der Waals surface area (Å²) in [5, 5.41) is 0.938. The second kappa shape index (κ2) is 5.06. The van der Waals surface area contributed by atoms with Crippen molar-refractivity contribution in [2.24, 2.45) is 0 Å². The van der Waals surface area contributed by atoms with Crippen LogP contribution in [0, 0.1) is 0 Å². The van der Waals surface area contributed by atoms with Crippen LogP contribution in [0.4, 0.5) is 0 Å². The molecule has 1 aromatic heterocycles. The molecule has 1 atom stereocenters. The van der Waals surface area contributed by atoms with Gasteiger partial charge in [-0.05, 0) is 24.6 Å². The minimum atomic E-state index is -0.0421. The third-order valence-corrected chi connectivity index (χ3v) is 3.06. The lowest BCUT2D eigenvalue weighted by Crippen LogP contribution is -2.04. The molecule has 0 radical (unpaired) electrons. The van der Waals surface area contributed by atoms with Gasteiger partial charge in [-0.2, -0.15) is 0 Å². The molecule has 94 valence electrons. The molecule has 3 nitrogen and oxygen atoms in total. The molecule has 0 saturated heterocycles. The Morgan fingerprint density at radius 3 is 2.47 bits per heavy atom. The molecule has 0 bridgehead atoms. The largest absolute Gasteiger partial charge is 0.469 e. The van der Waals surface area contributed by atoms with Crippen molar-refractivity contribution in [2.75, 3.05) is 0 Å². The summed E-state index contributed by atoms with van der Waals surface area (Å²) >= 11 is 0. The van der Waals surface area contributed by atoms with E-state index in [0.29, 0.717) is 5.88 Å². The zero-order valence-electron chi connectivity index (χ0n) is 10.7. The van der Waals surface area contributed by atoms with E-state index in [1.165, 1.54) is 6.33 Å². The smallest absolute Gasteiger partial charge is 0.225 e. The van der Waals surface area contributed by atoms with Gasteiger partial charge in [-0.15, -0.1) is 0 Å². The number of hydrogen-bond acceptors (Lipinski definition) is 3. The van der Waals surface area contributed by atoms with Crippen molar-refractivity contribution in [3.05, 3.63) is 66.5 Å². The molecule has 0 amide bonds. The maximum Gasteiger partial charge on any atom is 0.225 e. The number of benzene rings is 2. The second-order valence-corrected chi connectivity index (χ2v) is 4.37. The summed E-state index contributed by atoms with van der Waals surface area (Å²) in [5.41, 5.74) is 2.03. The molecule has 0 aliphatic carbocycles. The highest BCUT2D eigenvalue weighted by molar-refractivity contribution is 5.82. The molecule has 3 aromatic rings. The van der Waals surface area contributed by atoms with Gasteiger partial charge in [0.15, 0.2) is 0 Å². The van der Waals surface area contributed by atoms with Crippen LogP contribution in [0.15, 0.2) is 60.9 Å². The molecule has 0 fully saturated rings. The first kappa shape index (κ1) is 11.7. The average Bonchev–Trinajstić information content (AvgIpc) is 2.48. The topological polar surface area (TPSA) is 35.0 Å². The molecular formula is C16H14N2O. The van der Waals surface area contributed by atoms with E-state index in [4.69, 9.17) is 4.74 Å². The lowest BCUT2D eigenvalue weighted by molar-refractivity contribution is 0.220. The van der Waals surface area contributed by atoms with Gasteiger partial charge in [-0.25, -0.2) is 9.97 Å². The Balaban J connectivity index is 1.94. The van der Waals surface area contributed by atoms with Gasteiger partial charge in [0.05, 0.1) is 10.9 Å². The molecule has 0 aliphatic rings. The molecule has 19 heavy (non-hydrogen) atoms. The second-order valence-electron chi connectivity index (χ2n) is 4.37. The van der Waals surface area contributed by atoms with E-state index >= 15 is 0 Å². The van der Waals surface area contributed by atoms with Crippen LogP contribution in [0.5, 0.6) is 5.88 Å². The summed E-state index contributed by atoms with van der Waals surface area (Å²) in [4.78, 5) is 8.47. The zero-order chi connectivity index (χ0) is 13.1. The van der Waals surface area contributed by atoms with Gasteiger partial charge in [0.2, 0.25) is 5.88 Å². The fraction of sp³-hybridized carbons (Fsp3) is 0.125. The number of nitrogens with zero attached hydrogens (tertiary/aromatic N) is 2. The SMILES string of the molecule is CC(Oc1ncnc2ccccc12)c1ccccc1. The van der Waals surface area contributed by atoms with Crippen LogP contribution < -0.4 is 4.74 Å². The van der Waals surface area contributed by atoms with Gasteiger partial charge in [0.1, 0.15) is 12.4 Å². The Morgan fingerprint density at radius 1 is 0.895 bits per heavy atom. The number of para-hydroxylation sites is 1. The van der Waals surface area contributed by atoms with Gasteiger partial charge in [-0.3, -0.25) is 0 Å². The van der Waals surface area contributed by atoms with Crippen molar-refractivity contribution in [3.8, 4) is 5.88 Å². The van der Waals surface area contributed by atoms with Gasteiger partial charge in [-0.1, -0.05) is 42.5 Å². The lowest BCUT2D eigenvalue weighted by atomic mass is 10.1. The minimum absolute atomic E-state index is 0.0421. The van der Waals surface area contributed by atoms with E-state index in [-0.39, 0.29) is 6.10 Å². The quantitative estimate of drug-likeness (QED) is 0.709. The van der Waals surface area contributed by atoms with Crippen LogP contribution in [0.3, 0.4) is 0 Å². The van der Waals surface area contributed by atoms with Crippen molar-refractivity contribution >= 4 is 10.9 Å². The molecule has 2 aromatic carbocycles. The summed E-state index contributed by atoms with van der Waals surface area (Å²) in [6.45, 7) is 2.02. The fourth-order valence-electron chi connectivity index (χ4n) is 2.03. The number of aromatic nitrogens is 2. The Labute approximate surface area is 111 Å². The van der Waals surface area contributed by atoms with E-state index < -0.39 is 0 Å². The van der Waals surface area contributed by atoms with Crippen molar-refractivity contribution in [1.82, 2.24) is 9.97 Å². The van der Waals surface area contributed by atoms with E-state index in [0.717, 1.165) is 16.5 Å². The first-order valence-corrected chi connectivity index (χ1v) is 6.26. The lowest BCUT2D eigenvalue weighted by Gasteiger charge is -2.15. The maximum absolute atomic E-state index is 5.96. The van der Waals surface area contributed by atoms with Crippen molar-refractivity contribution in [1.29, 1.82) is 0 Å². The standard InChI is InChI=1S/C16H14N2O/c1-12(13-7-3-2-4-8-13)19-16-14-9-5-6-10-15(14)17-11-18-16/h2-12H,1H3. The zero-order valence-corrected chi connectivity index (χ0v) is 10.7. The molecule has 0 saturated carbocycles. The van der Waals surface area contributed by atoms with Gasteiger partial charge in [0.25, 0.3) is 0 Å².